The molecular weight excluding hydrogens is 272 g/mol. The van der Waals surface area contributed by atoms with Crippen molar-refractivity contribution in [1.82, 2.24) is 5.32 Å². The molecule has 0 amide bonds. The Hall–Kier alpha value is -0.780. The summed E-state index contributed by atoms with van der Waals surface area (Å²) in [6.45, 7) is 5.47. The Morgan fingerprint density at radius 2 is 2.17 bits per heavy atom. The number of halogens is 1. The summed E-state index contributed by atoms with van der Waals surface area (Å²) >= 11 is 7.62. The number of thioether (sulfide) groups is 1. The zero-order valence-corrected chi connectivity index (χ0v) is 12.3. The molecule has 100 valence electrons. The van der Waals surface area contributed by atoms with Gasteiger partial charge >= 0.3 is 0 Å². The molecule has 1 aromatic rings. The van der Waals surface area contributed by atoms with Gasteiger partial charge in [0, 0.05) is 34.5 Å². The molecule has 6 heteroatoms. The average Bonchev–Trinajstić information content (AvgIpc) is 2.28. The molecular formula is C12H17ClN2O2S. The van der Waals surface area contributed by atoms with Crippen LogP contribution in [0.1, 0.15) is 19.4 Å². The lowest BCUT2D eigenvalue weighted by atomic mass is 10.1. The van der Waals surface area contributed by atoms with Crippen LogP contribution in [0.2, 0.25) is 5.02 Å². The summed E-state index contributed by atoms with van der Waals surface area (Å²) in [5, 5.41) is 14.6. The van der Waals surface area contributed by atoms with E-state index in [4.69, 9.17) is 11.6 Å². The van der Waals surface area contributed by atoms with E-state index in [9.17, 15) is 10.1 Å². The minimum atomic E-state index is -0.382. The molecule has 0 aliphatic heterocycles. The van der Waals surface area contributed by atoms with E-state index in [0.717, 1.165) is 6.54 Å². The minimum absolute atomic E-state index is 0.105. The molecule has 0 aliphatic rings. The highest BCUT2D eigenvalue weighted by molar-refractivity contribution is 7.99. The van der Waals surface area contributed by atoms with Gasteiger partial charge in [-0.05, 0) is 32.2 Å². The van der Waals surface area contributed by atoms with Gasteiger partial charge in [-0.15, -0.1) is 0 Å². The Balaban J connectivity index is 2.72. The van der Waals surface area contributed by atoms with Gasteiger partial charge in [0.1, 0.15) is 0 Å². The molecule has 1 aromatic carbocycles. The quantitative estimate of drug-likeness (QED) is 0.643. The fourth-order valence-electron chi connectivity index (χ4n) is 1.44. The summed E-state index contributed by atoms with van der Waals surface area (Å²) in [5.74, 6) is 0. The summed E-state index contributed by atoms with van der Waals surface area (Å²) in [6, 6.07) is 4.62. The van der Waals surface area contributed by atoms with Crippen LogP contribution in [0.25, 0.3) is 0 Å². The van der Waals surface area contributed by atoms with Crippen molar-refractivity contribution in [3.05, 3.63) is 38.9 Å². The van der Waals surface area contributed by atoms with E-state index in [1.165, 1.54) is 12.1 Å². The Kier molecular flexibility index (Phi) is 5.44. The second-order valence-corrected chi connectivity index (χ2v) is 6.55. The maximum Gasteiger partial charge on any atom is 0.273 e. The largest absolute Gasteiger partial charge is 0.311 e. The van der Waals surface area contributed by atoms with Crippen LogP contribution >= 0.6 is 23.4 Å². The SMILES string of the molecule is CSC(C)(C)CNCc1cc(Cl)ccc1[N+](=O)[O-]. The number of rotatable bonds is 6. The molecule has 0 saturated carbocycles. The molecule has 1 N–H and O–H groups in total. The van der Waals surface area contributed by atoms with Crippen LogP contribution in [0.15, 0.2) is 18.2 Å². The van der Waals surface area contributed by atoms with Crippen LogP contribution in [-0.4, -0.2) is 22.5 Å². The highest BCUT2D eigenvalue weighted by Gasteiger charge is 2.17. The zero-order chi connectivity index (χ0) is 13.8. The van der Waals surface area contributed by atoms with Crippen molar-refractivity contribution in [2.75, 3.05) is 12.8 Å². The van der Waals surface area contributed by atoms with Crippen molar-refractivity contribution in [3.8, 4) is 0 Å². The van der Waals surface area contributed by atoms with Crippen molar-refractivity contribution in [1.29, 1.82) is 0 Å². The second kappa shape index (κ2) is 6.41. The smallest absolute Gasteiger partial charge is 0.273 e. The molecule has 0 fully saturated rings. The minimum Gasteiger partial charge on any atom is -0.311 e. The zero-order valence-electron chi connectivity index (χ0n) is 10.7. The lowest BCUT2D eigenvalue weighted by Crippen LogP contribution is -2.31. The fourth-order valence-corrected chi connectivity index (χ4v) is 1.89. The van der Waals surface area contributed by atoms with Crippen LogP contribution in [0.5, 0.6) is 0 Å². The molecule has 0 aromatic heterocycles. The third-order valence-electron chi connectivity index (χ3n) is 2.66. The third-order valence-corrected chi connectivity index (χ3v) is 4.14. The van der Waals surface area contributed by atoms with Crippen molar-refractivity contribution >= 4 is 29.1 Å². The maximum absolute atomic E-state index is 10.9. The van der Waals surface area contributed by atoms with E-state index in [2.05, 4.69) is 19.2 Å². The maximum atomic E-state index is 10.9. The van der Waals surface area contributed by atoms with Gasteiger partial charge in [-0.2, -0.15) is 11.8 Å². The molecule has 0 bridgehead atoms. The number of nitro benzene ring substituents is 1. The number of benzene rings is 1. The van der Waals surface area contributed by atoms with Gasteiger partial charge in [-0.1, -0.05) is 11.6 Å². The normalized spacial score (nSPS) is 11.6. The van der Waals surface area contributed by atoms with E-state index < -0.39 is 0 Å². The van der Waals surface area contributed by atoms with Crippen molar-refractivity contribution in [2.45, 2.75) is 25.1 Å². The number of nitro groups is 1. The van der Waals surface area contributed by atoms with Crippen LogP contribution in [0.4, 0.5) is 5.69 Å². The van der Waals surface area contributed by atoms with E-state index in [-0.39, 0.29) is 15.4 Å². The van der Waals surface area contributed by atoms with Crippen LogP contribution < -0.4 is 5.32 Å². The van der Waals surface area contributed by atoms with Crippen LogP contribution in [0, 0.1) is 10.1 Å². The summed E-state index contributed by atoms with van der Waals surface area (Å²) in [4.78, 5) is 10.5. The van der Waals surface area contributed by atoms with Crippen molar-refractivity contribution < 1.29 is 4.92 Å². The highest BCUT2D eigenvalue weighted by atomic mass is 35.5. The van der Waals surface area contributed by atoms with Crippen molar-refractivity contribution in [3.63, 3.8) is 0 Å². The first-order chi connectivity index (χ1) is 8.35. The average molecular weight is 289 g/mol. The molecule has 0 heterocycles. The first-order valence-corrected chi connectivity index (χ1v) is 7.15. The molecule has 0 atom stereocenters. The fraction of sp³-hybridized carbons (Fsp3) is 0.500. The molecule has 18 heavy (non-hydrogen) atoms. The van der Waals surface area contributed by atoms with Gasteiger partial charge < -0.3 is 5.32 Å². The van der Waals surface area contributed by atoms with Gasteiger partial charge in [-0.3, -0.25) is 10.1 Å². The van der Waals surface area contributed by atoms with Gasteiger partial charge in [0.05, 0.1) is 4.92 Å². The van der Waals surface area contributed by atoms with Gasteiger partial charge in [0.25, 0.3) is 5.69 Å². The lowest BCUT2D eigenvalue weighted by molar-refractivity contribution is -0.385. The summed E-state index contributed by atoms with van der Waals surface area (Å²) in [7, 11) is 0. The number of nitrogens with zero attached hydrogens (tertiary/aromatic N) is 1. The Morgan fingerprint density at radius 1 is 1.50 bits per heavy atom. The van der Waals surface area contributed by atoms with E-state index in [1.54, 1.807) is 17.8 Å². The third kappa shape index (κ3) is 4.48. The predicted octanol–water partition coefficient (Wildman–Crippen LogP) is 3.48. The number of hydrogen-bond donors (Lipinski definition) is 1. The lowest BCUT2D eigenvalue weighted by Gasteiger charge is -2.22. The molecule has 0 radical (unpaired) electrons. The van der Waals surface area contributed by atoms with Gasteiger partial charge in [-0.25, -0.2) is 0 Å². The first kappa shape index (κ1) is 15.3. The summed E-state index contributed by atoms with van der Waals surface area (Å²) in [5.41, 5.74) is 0.721. The monoisotopic (exact) mass is 288 g/mol. The molecule has 0 spiro atoms. The Labute approximate surface area is 116 Å². The highest BCUT2D eigenvalue weighted by Crippen LogP contribution is 2.23. The number of nitrogens with one attached hydrogen (secondary N) is 1. The molecule has 0 unspecified atom stereocenters. The van der Waals surface area contributed by atoms with Crippen LogP contribution in [-0.2, 0) is 6.54 Å². The van der Waals surface area contributed by atoms with Crippen LogP contribution in [0.3, 0.4) is 0 Å². The second-order valence-electron chi connectivity index (χ2n) is 4.60. The standard InChI is InChI=1S/C12H17ClN2O2S/c1-12(2,18-3)8-14-7-9-6-10(13)4-5-11(9)15(16)17/h4-6,14H,7-8H2,1-3H3. The van der Waals surface area contributed by atoms with Crippen molar-refractivity contribution in [2.24, 2.45) is 0 Å². The van der Waals surface area contributed by atoms with Gasteiger partial charge in [0.2, 0.25) is 0 Å². The predicted molar refractivity (Wildman–Crippen MR) is 77.4 cm³/mol. The Morgan fingerprint density at radius 3 is 2.72 bits per heavy atom. The van der Waals surface area contributed by atoms with Gasteiger partial charge in [0.15, 0.2) is 0 Å². The molecule has 1 rings (SSSR count). The topological polar surface area (TPSA) is 55.2 Å². The van der Waals surface area contributed by atoms with E-state index >= 15 is 0 Å². The molecule has 0 aliphatic carbocycles. The Bertz CT molecular complexity index is 438. The first-order valence-electron chi connectivity index (χ1n) is 5.54. The molecule has 0 saturated heterocycles. The van der Waals surface area contributed by atoms with E-state index in [0.29, 0.717) is 17.1 Å². The van der Waals surface area contributed by atoms with E-state index in [1.807, 2.05) is 6.26 Å². The summed E-state index contributed by atoms with van der Waals surface area (Å²) < 4.78 is 0.105. The number of hydrogen-bond acceptors (Lipinski definition) is 4. The molecule has 4 nitrogen and oxygen atoms in total. The summed E-state index contributed by atoms with van der Waals surface area (Å²) in [6.07, 6.45) is 2.05.